The number of hydrogen-bond acceptors (Lipinski definition) is 4. The first kappa shape index (κ1) is 14.5. The van der Waals surface area contributed by atoms with Gasteiger partial charge < -0.3 is 9.63 Å². The average molecular weight is 292 g/mol. The predicted molar refractivity (Wildman–Crippen MR) is 77.0 cm³/mol. The van der Waals surface area contributed by atoms with Crippen LogP contribution in [0.1, 0.15) is 82.3 Å². The van der Waals surface area contributed by atoms with Crippen LogP contribution in [0.15, 0.2) is 4.52 Å². The third-order valence-corrected chi connectivity index (χ3v) is 5.29. The summed E-state index contributed by atoms with van der Waals surface area (Å²) in [6, 6.07) is 0. The molecule has 0 saturated heterocycles. The first-order valence-corrected chi connectivity index (χ1v) is 8.08. The first-order chi connectivity index (χ1) is 10.0. The van der Waals surface area contributed by atoms with Gasteiger partial charge in [0, 0.05) is 5.92 Å². The highest BCUT2D eigenvalue weighted by Gasteiger charge is 2.65. The maximum atomic E-state index is 11.3. The zero-order valence-electron chi connectivity index (χ0n) is 12.8. The molecule has 2 atom stereocenters. The fourth-order valence-electron chi connectivity index (χ4n) is 3.81. The van der Waals surface area contributed by atoms with E-state index in [9.17, 15) is 9.90 Å². The number of aromatic nitrogens is 2. The minimum atomic E-state index is -0.768. The Bertz CT molecular complexity index is 515. The fraction of sp³-hybridized carbons (Fsp3) is 0.812. The van der Waals surface area contributed by atoms with Gasteiger partial charge in [-0.15, -0.1) is 0 Å². The summed E-state index contributed by atoms with van der Waals surface area (Å²) in [6.45, 7) is 3.91. The number of hydrogen-bond donors (Lipinski definition) is 1. The van der Waals surface area contributed by atoms with Gasteiger partial charge in [-0.05, 0) is 18.3 Å². The maximum Gasteiger partial charge on any atom is 0.307 e. The number of carbonyl (C=O) groups is 1. The number of nitrogens with zero attached hydrogens (tertiary/aromatic N) is 2. The maximum absolute atomic E-state index is 11.3. The molecule has 116 valence electrons. The van der Waals surface area contributed by atoms with E-state index in [1.807, 2.05) is 13.8 Å². The topological polar surface area (TPSA) is 76.2 Å². The molecule has 2 aliphatic carbocycles. The SMILES string of the molecule is CC1(C)C(C(=O)O)C1c1nc(C2CCCCCCC2)no1. The summed E-state index contributed by atoms with van der Waals surface area (Å²) in [7, 11) is 0. The van der Waals surface area contributed by atoms with E-state index in [0.29, 0.717) is 11.8 Å². The highest BCUT2D eigenvalue weighted by Crippen LogP contribution is 2.64. The summed E-state index contributed by atoms with van der Waals surface area (Å²) in [5, 5.41) is 13.4. The molecule has 2 unspecified atom stereocenters. The predicted octanol–water partition coefficient (Wildman–Crippen LogP) is 3.72. The molecule has 0 aliphatic heterocycles. The van der Waals surface area contributed by atoms with Crippen molar-refractivity contribution in [2.24, 2.45) is 11.3 Å². The summed E-state index contributed by atoms with van der Waals surface area (Å²) in [4.78, 5) is 15.8. The van der Waals surface area contributed by atoms with Crippen LogP contribution >= 0.6 is 0 Å². The van der Waals surface area contributed by atoms with E-state index in [1.165, 1.54) is 32.1 Å². The van der Waals surface area contributed by atoms with Crippen LogP contribution in [0.3, 0.4) is 0 Å². The van der Waals surface area contributed by atoms with E-state index < -0.39 is 11.9 Å². The molecule has 1 heterocycles. The molecule has 5 nitrogen and oxygen atoms in total. The molecule has 0 radical (unpaired) electrons. The van der Waals surface area contributed by atoms with Crippen LogP contribution < -0.4 is 0 Å². The molecule has 0 spiro atoms. The summed E-state index contributed by atoms with van der Waals surface area (Å²) >= 11 is 0. The summed E-state index contributed by atoms with van der Waals surface area (Å²) in [6.07, 6.45) is 8.60. The molecular weight excluding hydrogens is 268 g/mol. The van der Waals surface area contributed by atoms with E-state index in [4.69, 9.17) is 4.52 Å². The third-order valence-electron chi connectivity index (χ3n) is 5.29. The van der Waals surface area contributed by atoms with E-state index in [0.717, 1.165) is 18.7 Å². The Labute approximate surface area is 125 Å². The van der Waals surface area contributed by atoms with Crippen LogP contribution in [0.5, 0.6) is 0 Å². The molecule has 3 rings (SSSR count). The molecule has 21 heavy (non-hydrogen) atoms. The summed E-state index contributed by atoms with van der Waals surface area (Å²) in [5.74, 6) is 0.389. The minimum Gasteiger partial charge on any atom is -0.481 e. The highest BCUT2D eigenvalue weighted by atomic mass is 16.5. The minimum absolute atomic E-state index is 0.134. The van der Waals surface area contributed by atoms with Gasteiger partial charge in [0.15, 0.2) is 5.82 Å². The lowest BCUT2D eigenvalue weighted by Crippen LogP contribution is -2.04. The van der Waals surface area contributed by atoms with Gasteiger partial charge in [-0.3, -0.25) is 4.79 Å². The molecule has 1 aromatic rings. The van der Waals surface area contributed by atoms with Gasteiger partial charge in [0.25, 0.3) is 0 Å². The summed E-state index contributed by atoms with van der Waals surface area (Å²) < 4.78 is 5.41. The molecule has 1 aromatic heterocycles. The second-order valence-electron chi connectivity index (χ2n) is 7.15. The number of carboxylic acid groups (broad SMARTS) is 1. The van der Waals surface area contributed by atoms with E-state index in [-0.39, 0.29) is 11.3 Å². The van der Waals surface area contributed by atoms with Crippen molar-refractivity contribution in [3.05, 3.63) is 11.7 Å². The normalized spacial score (nSPS) is 29.6. The zero-order valence-corrected chi connectivity index (χ0v) is 12.8. The van der Waals surface area contributed by atoms with E-state index in [2.05, 4.69) is 10.1 Å². The quantitative estimate of drug-likeness (QED) is 0.918. The number of aliphatic carboxylic acids is 1. The Morgan fingerprint density at radius 3 is 2.38 bits per heavy atom. The Morgan fingerprint density at radius 1 is 1.19 bits per heavy atom. The van der Waals surface area contributed by atoms with Crippen LogP contribution in [0.4, 0.5) is 0 Å². The van der Waals surface area contributed by atoms with Crippen LogP contribution in [0.25, 0.3) is 0 Å². The molecule has 2 saturated carbocycles. The monoisotopic (exact) mass is 292 g/mol. The van der Waals surface area contributed by atoms with E-state index in [1.54, 1.807) is 0 Å². The van der Waals surface area contributed by atoms with Crippen molar-refractivity contribution in [1.29, 1.82) is 0 Å². The highest BCUT2D eigenvalue weighted by molar-refractivity contribution is 5.77. The largest absolute Gasteiger partial charge is 0.481 e. The van der Waals surface area contributed by atoms with Gasteiger partial charge in [-0.1, -0.05) is 51.1 Å². The molecular formula is C16H24N2O3. The average Bonchev–Trinajstić information content (AvgIpc) is 2.75. The van der Waals surface area contributed by atoms with E-state index >= 15 is 0 Å². The van der Waals surface area contributed by atoms with Crippen molar-refractivity contribution in [1.82, 2.24) is 10.1 Å². The fourth-order valence-corrected chi connectivity index (χ4v) is 3.81. The first-order valence-electron chi connectivity index (χ1n) is 8.08. The second kappa shape index (κ2) is 5.43. The Hall–Kier alpha value is -1.39. The van der Waals surface area contributed by atoms with Crippen molar-refractivity contribution in [2.75, 3.05) is 0 Å². The molecule has 0 bridgehead atoms. The van der Waals surface area contributed by atoms with Crippen molar-refractivity contribution in [3.63, 3.8) is 0 Å². The lowest BCUT2D eigenvalue weighted by Gasteiger charge is -2.15. The van der Waals surface area contributed by atoms with Crippen molar-refractivity contribution >= 4 is 5.97 Å². The number of rotatable bonds is 3. The third kappa shape index (κ3) is 2.70. The Kier molecular flexibility index (Phi) is 3.76. The smallest absolute Gasteiger partial charge is 0.307 e. The molecule has 0 amide bonds. The Morgan fingerprint density at radius 2 is 1.81 bits per heavy atom. The van der Waals surface area contributed by atoms with Gasteiger partial charge in [-0.2, -0.15) is 4.98 Å². The van der Waals surface area contributed by atoms with Crippen molar-refractivity contribution < 1.29 is 14.4 Å². The molecule has 2 fully saturated rings. The number of carboxylic acids is 1. The Balaban J connectivity index is 1.73. The summed E-state index contributed by atoms with van der Waals surface area (Å²) in [5.41, 5.74) is -0.281. The molecule has 5 heteroatoms. The van der Waals surface area contributed by atoms with Crippen molar-refractivity contribution in [3.8, 4) is 0 Å². The molecule has 1 N–H and O–H groups in total. The molecule has 0 aromatic carbocycles. The van der Waals surface area contributed by atoms with Crippen LogP contribution in [0.2, 0.25) is 0 Å². The standard InChI is InChI=1S/C16H24N2O3/c1-16(2)11(12(16)15(19)20)14-17-13(18-21-14)10-8-6-4-3-5-7-9-10/h10-12H,3-9H2,1-2H3,(H,19,20). The second-order valence-corrected chi connectivity index (χ2v) is 7.15. The van der Waals surface area contributed by atoms with Gasteiger partial charge in [0.05, 0.1) is 11.8 Å². The van der Waals surface area contributed by atoms with Crippen LogP contribution in [0, 0.1) is 11.3 Å². The van der Waals surface area contributed by atoms with Gasteiger partial charge >= 0.3 is 5.97 Å². The van der Waals surface area contributed by atoms with Crippen molar-refractivity contribution in [2.45, 2.75) is 70.6 Å². The van der Waals surface area contributed by atoms with Crippen LogP contribution in [-0.2, 0) is 4.79 Å². The molecule has 2 aliphatic rings. The van der Waals surface area contributed by atoms with Crippen LogP contribution in [-0.4, -0.2) is 21.2 Å². The lowest BCUT2D eigenvalue weighted by molar-refractivity contribution is -0.139. The zero-order chi connectivity index (χ0) is 15.0. The van der Waals surface area contributed by atoms with Gasteiger partial charge in [0.2, 0.25) is 5.89 Å². The lowest BCUT2D eigenvalue weighted by atomic mass is 9.91. The van der Waals surface area contributed by atoms with Gasteiger partial charge in [0.1, 0.15) is 0 Å². The van der Waals surface area contributed by atoms with Gasteiger partial charge in [-0.25, -0.2) is 0 Å².